The Morgan fingerprint density at radius 3 is 2.92 bits per heavy atom. The van der Waals surface area contributed by atoms with Gasteiger partial charge in [0.15, 0.2) is 12.3 Å². The van der Waals surface area contributed by atoms with Crippen LogP contribution in [0.4, 0.5) is 10.2 Å². The summed E-state index contributed by atoms with van der Waals surface area (Å²) < 4.78 is 13.0. The first-order valence-corrected chi connectivity index (χ1v) is 3.68. The summed E-state index contributed by atoms with van der Waals surface area (Å²) in [5.74, 6) is -0.198. The highest BCUT2D eigenvalue weighted by Gasteiger charge is 2.21. The second kappa shape index (κ2) is 2.59. The smallest absolute Gasteiger partial charge is 0.165 e. The monoisotopic (exact) mass is 164 g/mol. The summed E-state index contributed by atoms with van der Waals surface area (Å²) in [6, 6.07) is 6.95. The molecule has 0 aromatic heterocycles. The van der Waals surface area contributed by atoms with E-state index in [1.807, 2.05) is 0 Å². The Balaban J connectivity index is 2.47. The number of hydrogen-bond donors (Lipinski definition) is 0. The first-order valence-electron chi connectivity index (χ1n) is 3.68. The van der Waals surface area contributed by atoms with Crippen LogP contribution >= 0.6 is 0 Å². The van der Waals surface area contributed by atoms with Gasteiger partial charge in [-0.25, -0.2) is 0 Å². The van der Waals surface area contributed by atoms with E-state index in [-0.39, 0.29) is 5.78 Å². The van der Waals surface area contributed by atoms with Crippen molar-refractivity contribution in [3.63, 3.8) is 0 Å². The van der Waals surface area contributed by atoms with E-state index in [1.54, 1.807) is 24.3 Å². The third kappa shape index (κ3) is 1.07. The summed E-state index contributed by atoms with van der Waals surface area (Å²) in [6.07, 6.45) is 0.302. The topological polar surface area (TPSA) is 20.3 Å². The molecule has 0 aliphatic carbocycles. The number of Topliss-reactive ketones (excluding diaryl/α,β-unsaturated/α-hetero) is 1. The second-order valence-corrected chi connectivity index (χ2v) is 2.71. The van der Waals surface area contributed by atoms with Crippen molar-refractivity contribution in [2.45, 2.75) is 6.42 Å². The predicted octanol–water partition coefficient (Wildman–Crippen LogP) is 1.66. The number of para-hydroxylation sites is 1. The van der Waals surface area contributed by atoms with E-state index in [0.29, 0.717) is 17.2 Å². The van der Waals surface area contributed by atoms with Gasteiger partial charge in [0.25, 0.3) is 0 Å². The van der Waals surface area contributed by atoms with Crippen molar-refractivity contribution in [2.24, 2.45) is 0 Å². The lowest BCUT2D eigenvalue weighted by Gasteiger charge is -2.20. The molecule has 0 fully saturated rings. The number of anilines is 1. The average Bonchev–Trinajstić information content (AvgIpc) is 2.04. The zero-order valence-electron chi connectivity index (χ0n) is 6.33. The number of hydrogen-bond acceptors (Lipinski definition) is 2. The van der Waals surface area contributed by atoms with Crippen molar-refractivity contribution >= 4 is 11.5 Å². The van der Waals surface area contributed by atoms with E-state index in [1.165, 1.54) is 0 Å². The maximum atomic E-state index is 13.0. The first kappa shape index (κ1) is 7.28. The zero-order valence-corrected chi connectivity index (χ0v) is 6.33. The van der Waals surface area contributed by atoms with Crippen LogP contribution in [0.5, 0.6) is 0 Å². The fourth-order valence-corrected chi connectivity index (χ4v) is 1.30. The zero-order chi connectivity index (χ0) is 8.55. The third-order valence-corrected chi connectivity index (χ3v) is 1.84. The largest absolute Gasteiger partial charge is 0.297 e. The lowest BCUT2D eigenvalue weighted by atomic mass is 10.0. The number of rotatable bonds is 0. The molecule has 3 heteroatoms. The Kier molecular flexibility index (Phi) is 1.57. The fraction of sp³-hybridized carbons (Fsp3) is 0.111. The van der Waals surface area contributed by atoms with E-state index in [4.69, 9.17) is 0 Å². The van der Waals surface area contributed by atoms with Crippen LogP contribution in [0.25, 0.3) is 0 Å². The maximum absolute atomic E-state index is 13.0. The van der Waals surface area contributed by atoms with E-state index in [9.17, 15) is 9.28 Å². The summed E-state index contributed by atoms with van der Waals surface area (Å²) in [4.78, 5) is 10.9. The average molecular weight is 164 g/mol. The molecular weight excluding hydrogens is 157 g/mol. The van der Waals surface area contributed by atoms with Gasteiger partial charge in [0, 0.05) is 6.42 Å². The summed E-state index contributed by atoms with van der Waals surface area (Å²) in [6.45, 7) is 0.975. The van der Waals surface area contributed by atoms with Crippen molar-refractivity contribution in [2.75, 3.05) is 5.12 Å². The molecule has 0 amide bonds. The summed E-state index contributed by atoms with van der Waals surface area (Å²) in [5.41, 5.74) is 1.21. The Bertz CT molecular complexity index is 324. The molecule has 1 radical (unpaired) electrons. The minimum absolute atomic E-state index is 0.198. The van der Waals surface area contributed by atoms with Crippen molar-refractivity contribution in [3.8, 4) is 0 Å². The van der Waals surface area contributed by atoms with E-state index in [2.05, 4.69) is 0 Å². The fourth-order valence-electron chi connectivity index (χ4n) is 1.30. The van der Waals surface area contributed by atoms with Gasteiger partial charge < -0.3 is 0 Å². The van der Waals surface area contributed by atoms with Crippen LogP contribution in [0.2, 0.25) is 0 Å². The molecule has 0 spiro atoms. The van der Waals surface area contributed by atoms with E-state index in [0.717, 1.165) is 12.1 Å². The number of nitrogens with zero attached hydrogens (tertiary/aromatic N) is 1. The normalized spacial score (nSPS) is 16.1. The van der Waals surface area contributed by atoms with Gasteiger partial charge in [0.05, 0.1) is 5.69 Å². The van der Waals surface area contributed by atoms with Gasteiger partial charge in [0.2, 0.25) is 0 Å². The molecule has 0 atom stereocenters. The van der Waals surface area contributed by atoms with Crippen LogP contribution in [-0.4, -0.2) is 5.78 Å². The van der Waals surface area contributed by atoms with Crippen molar-refractivity contribution in [1.82, 2.24) is 0 Å². The molecular formula is C9H7FNO. The minimum Gasteiger partial charge on any atom is -0.297 e. The lowest BCUT2D eigenvalue weighted by molar-refractivity contribution is -0.115. The molecule has 0 unspecified atom stereocenters. The molecule has 0 bridgehead atoms. The molecule has 1 heterocycles. The Morgan fingerprint density at radius 2 is 2.08 bits per heavy atom. The van der Waals surface area contributed by atoms with Gasteiger partial charge in [-0.05, 0) is 11.6 Å². The van der Waals surface area contributed by atoms with Crippen LogP contribution in [0, 0.1) is 6.54 Å². The molecule has 2 nitrogen and oxygen atoms in total. The standard InChI is InChI=1S/C9H7FNO/c10-11-6-8(12)5-7-3-1-2-4-9(7)11/h1-4,6H,5H2. The van der Waals surface area contributed by atoms with Crippen LogP contribution in [0.3, 0.4) is 0 Å². The number of benzene rings is 1. The minimum atomic E-state index is -0.198. The van der Waals surface area contributed by atoms with Gasteiger partial charge in [-0.3, -0.25) is 4.79 Å². The Hall–Kier alpha value is -1.38. The first-order chi connectivity index (χ1) is 5.77. The van der Waals surface area contributed by atoms with Crippen molar-refractivity contribution in [1.29, 1.82) is 0 Å². The van der Waals surface area contributed by atoms with Crippen molar-refractivity contribution in [3.05, 3.63) is 36.4 Å². The van der Waals surface area contributed by atoms with Crippen LogP contribution in [0.1, 0.15) is 5.56 Å². The number of halogens is 1. The molecule has 0 saturated heterocycles. The number of carbonyl (C=O) groups is 1. The molecule has 12 heavy (non-hydrogen) atoms. The number of carbonyl (C=O) groups excluding carboxylic acids is 1. The van der Waals surface area contributed by atoms with Crippen LogP contribution < -0.4 is 5.12 Å². The van der Waals surface area contributed by atoms with Gasteiger partial charge in [0.1, 0.15) is 0 Å². The summed E-state index contributed by atoms with van der Waals surface area (Å²) >= 11 is 0. The summed E-state index contributed by atoms with van der Waals surface area (Å²) in [7, 11) is 0. The van der Waals surface area contributed by atoms with Gasteiger partial charge in [-0.15, -0.1) is 0 Å². The van der Waals surface area contributed by atoms with E-state index < -0.39 is 0 Å². The Labute approximate surface area is 69.5 Å². The lowest BCUT2D eigenvalue weighted by Crippen LogP contribution is -2.23. The molecule has 1 aromatic carbocycles. The molecule has 0 N–H and O–H groups in total. The molecule has 0 saturated carbocycles. The number of fused-ring (bicyclic) bond motifs is 1. The van der Waals surface area contributed by atoms with Crippen molar-refractivity contribution < 1.29 is 9.28 Å². The molecule has 2 rings (SSSR count). The number of ketones is 1. The van der Waals surface area contributed by atoms with Gasteiger partial charge in [-0.1, -0.05) is 22.7 Å². The molecule has 1 aliphatic heterocycles. The van der Waals surface area contributed by atoms with Gasteiger partial charge >= 0.3 is 0 Å². The third-order valence-electron chi connectivity index (χ3n) is 1.84. The van der Waals surface area contributed by atoms with Crippen LogP contribution in [-0.2, 0) is 11.2 Å². The quantitative estimate of drug-likeness (QED) is 0.543. The maximum Gasteiger partial charge on any atom is 0.165 e. The van der Waals surface area contributed by atoms with Crippen LogP contribution in [0.15, 0.2) is 24.3 Å². The second-order valence-electron chi connectivity index (χ2n) is 2.71. The molecule has 1 aliphatic rings. The van der Waals surface area contributed by atoms with E-state index >= 15 is 0 Å². The Morgan fingerprint density at radius 1 is 1.33 bits per heavy atom. The SMILES string of the molecule is O=C1[CH]N(F)c2ccccc2C1. The summed E-state index contributed by atoms with van der Waals surface area (Å²) in [5, 5.41) is 0.376. The highest BCUT2D eigenvalue weighted by molar-refractivity contribution is 5.95. The molecule has 61 valence electrons. The highest BCUT2D eigenvalue weighted by Crippen LogP contribution is 2.26. The molecule has 1 aromatic rings. The van der Waals surface area contributed by atoms with Gasteiger partial charge in [-0.2, -0.15) is 5.12 Å². The highest BCUT2D eigenvalue weighted by atomic mass is 19.2. The predicted molar refractivity (Wildman–Crippen MR) is 43.0 cm³/mol.